The molecule has 2 fully saturated rings. The predicted molar refractivity (Wildman–Crippen MR) is 154 cm³/mol. The number of hydrogen-bond acceptors (Lipinski definition) is 17. The molecule has 0 spiro atoms. The Morgan fingerprint density at radius 1 is 1.00 bits per heavy atom. The van der Waals surface area contributed by atoms with Crippen molar-refractivity contribution < 1.29 is 80.4 Å². The number of nitrogen functional groups attached to an aromatic ring is 1. The first-order valence-electron chi connectivity index (χ1n) is 13.6. The first-order chi connectivity index (χ1) is 22.4. The van der Waals surface area contributed by atoms with E-state index >= 15 is 0 Å². The van der Waals surface area contributed by atoms with Gasteiger partial charge in [0, 0.05) is 12.7 Å². The van der Waals surface area contributed by atoms with Crippen LogP contribution in [0.2, 0.25) is 0 Å². The number of nitrogens with two attached hydrogens (primary N) is 2. The van der Waals surface area contributed by atoms with E-state index in [0.29, 0.717) is 0 Å². The Morgan fingerprint density at radius 3 is 2.27 bits per heavy atom. The minimum atomic E-state index is -5.47. The van der Waals surface area contributed by atoms with E-state index < -0.39 is 91.4 Å². The van der Waals surface area contributed by atoms with Gasteiger partial charge in [0.05, 0.1) is 19.5 Å². The zero-order valence-corrected chi connectivity index (χ0v) is 27.2. The Labute approximate surface area is 269 Å². The fourth-order valence-electron chi connectivity index (χ4n) is 4.90. The van der Waals surface area contributed by atoms with Gasteiger partial charge in [-0.2, -0.15) is 8.88 Å². The van der Waals surface area contributed by atoms with Gasteiger partial charge in [0.2, 0.25) is 0 Å². The molecule has 0 saturated carbocycles. The Kier molecular flexibility index (Phi) is 10.5. The van der Waals surface area contributed by atoms with Crippen molar-refractivity contribution in [1.82, 2.24) is 19.5 Å². The maximum atomic E-state index is 12.6. The molecule has 1 amide bonds. The standard InChI is InChI=1S/C22H30N7O16P3/c1-46(34,35)44-17-15(31)12(43-22(17)29-9-27-13-18(23)25-8-26-20(13)29)7-41-48(38,39)45-47(36,37)40-6-11-14(30)16(32)21(42-11)28-4-2-3-10(5-28)19(24)33/h2-5,8-9,11-12,14-17,21-22,30-32H,6-7H2,1H3,(H6-,23,24,25,26,33,34,35,36,37,38,39)/p+1/t11-,12-,14+,15+,16?,17?,21-,22-/m1/s1. The van der Waals surface area contributed by atoms with E-state index in [-0.39, 0.29) is 22.5 Å². The van der Waals surface area contributed by atoms with E-state index in [9.17, 15) is 48.5 Å². The maximum Gasteiger partial charge on any atom is 0.481 e. The molecule has 264 valence electrons. The molecule has 0 bridgehead atoms. The van der Waals surface area contributed by atoms with Crippen LogP contribution < -0.4 is 16.0 Å². The number of carbonyl (C=O) groups is 1. The summed E-state index contributed by atoms with van der Waals surface area (Å²) < 4.78 is 69.7. The number of ether oxygens (including phenoxy) is 2. The summed E-state index contributed by atoms with van der Waals surface area (Å²) in [5.41, 5.74) is 11.3. The summed E-state index contributed by atoms with van der Waals surface area (Å²) in [5, 5.41) is 31.7. The Hall–Kier alpha value is -2.82. The molecule has 2 aliphatic heterocycles. The molecule has 5 heterocycles. The normalized spacial score (nSPS) is 31.3. The zero-order valence-electron chi connectivity index (χ0n) is 24.5. The summed E-state index contributed by atoms with van der Waals surface area (Å²) in [6, 6.07) is 2.81. The zero-order chi connectivity index (χ0) is 35.2. The molecule has 0 aliphatic carbocycles. The molecule has 5 rings (SSSR count). The molecule has 23 nitrogen and oxygen atoms in total. The highest BCUT2D eigenvalue weighted by Crippen LogP contribution is 2.61. The molecule has 10 N–H and O–H groups in total. The molecule has 3 aromatic rings. The number of rotatable bonds is 13. The minimum Gasteiger partial charge on any atom is -0.387 e. The average molecular weight is 742 g/mol. The number of carbonyl (C=O) groups excluding carboxylic acids is 1. The van der Waals surface area contributed by atoms with Crippen molar-refractivity contribution in [1.29, 1.82) is 0 Å². The second-order valence-electron chi connectivity index (χ2n) is 10.6. The number of hydrogen-bond donors (Lipinski definition) is 8. The van der Waals surface area contributed by atoms with E-state index in [4.69, 9.17) is 34.5 Å². The first-order valence-corrected chi connectivity index (χ1v) is 18.6. The summed E-state index contributed by atoms with van der Waals surface area (Å²) in [7, 11) is -15.2. The van der Waals surface area contributed by atoms with Gasteiger partial charge in [-0.15, -0.1) is 0 Å². The number of primary amides is 1. The molecule has 2 saturated heterocycles. The van der Waals surface area contributed by atoms with Crippen LogP contribution in [0.3, 0.4) is 0 Å². The van der Waals surface area contributed by atoms with E-state index in [0.717, 1.165) is 13.0 Å². The number of aromatic nitrogens is 5. The van der Waals surface area contributed by atoms with Crippen LogP contribution in [-0.4, -0.2) is 112 Å². The molecule has 26 heteroatoms. The summed E-state index contributed by atoms with van der Waals surface area (Å²) >= 11 is 0. The smallest absolute Gasteiger partial charge is 0.387 e. The third kappa shape index (κ3) is 8.13. The van der Waals surface area contributed by atoms with Crippen molar-refractivity contribution in [2.75, 3.05) is 25.6 Å². The summed E-state index contributed by atoms with van der Waals surface area (Å²) in [6.45, 7) is -1.08. The van der Waals surface area contributed by atoms with Gasteiger partial charge in [0.15, 0.2) is 36.2 Å². The number of anilines is 1. The molecule has 2 aliphatic rings. The third-order valence-corrected chi connectivity index (χ3v) is 10.3. The number of nitrogens with zero attached hydrogens (tertiary/aromatic N) is 5. The predicted octanol–water partition coefficient (Wildman–Crippen LogP) is -2.18. The number of phosphoric ester groups is 2. The summed E-state index contributed by atoms with van der Waals surface area (Å²) in [4.78, 5) is 53.5. The fourth-order valence-corrected chi connectivity index (χ4v) is 7.67. The Morgan fingerprint density at radius 2 is 1.65 bits per heavy atom. The van der Waals surface area contributed by atoms with Crippen LogP contribution in [0, 0.1) is 0 Å². The highest BCUT2D eigenvalue weighted by molar-refractivity contribution is 7.61. The van der Waals surface area contributed by atoms with Crippen LogP contribution in [0.4, 0.5) is 5.82 Å². The van der Waals surface area contributed by atoms with Crippen LogP contribution in [0.15, 0.2) is 37.2 Å². The van der Waals surface area contributed by atoms with Crippen LogP contribution in [0.5, 0.6) is 0 Å². The minimum absolute atomic E-state index is 0.00846. The second-order valence-corrected chi connectivity index (χ2v) is 15.4. The first kappa shape index (κ1) is 36.5. The molecule has 5 unspecified atom stereocenters. The van der Waals surface area contributed by atoms with Gasteiger partial charge in [-0.05, 0) is 6.07 Å². The van der Waals surface area contributed by atoms with Gasteiger partial charge < -0.3 is 50.9 Å². The molecular weight excluding hydrogens is 711 g/mol. The molecule has 48 heavy (non-hydrogen) atoms. The van der Waals surface area contributed by atoms with E-state index in [1.54, 1.807) is 0 Å². The number of amides is 1. The van der Waals surface area contributed by atoms with Crippen molar-refractivity contribution >= 4 is 46.1 Å². The molecule has 0 radical (unpaired) electrons. The largest absolute Gasteiger partial charge is 0.481 e. The van der Waals surface area contributed by atoms with Crippen LogP contribution in [-0.2, 0) is 41.1 Å². The van der Waals surface area contributed by atoms with E-state index in [1.807, 2.05) is 0 Å². The topological polar surface area (TPSA) is 345 Å². The quantitative estimate of drug-likeness (QED) is 0.0682. The lowest BCUT2D eigenvalue weighted by atomic mass is 10.1. The van der Waals surface area contributed by atoms with Crippen LogP contribution >= 0.6 is 23.2 Å². The van der Waals surface area contributed by atoms with Crippen molar-refractivity contribution in [2.45, 2.75) is 49.1 Å². The van der Waals surface area contributed by atoms with E-state index in [2.05, 4.69) is 19.3 Å². The second kappa shape index (κ2) is 13.8. The third-order valence-electron chi connectivity index (χ3n) is 7.04. The monoisotopic (exact) mass is 742 g/mol. The van der Waals surface area contributed by atoms with Crippen molar-refractivity contribution in [3.8, 4) is 0 Å². The van der Waals surface area contributed by atoms with Crippen LogP contribution in [0.1, 0.15) is 22.8 Å². The lowest BCUT2D eigenvalue weighted by Crippen LogP contribution is -2.46. The highest BCUT2D eigenvalue weighted by Gasteiger charge is 2.51. The van der Waals surface area contributed by atoms with Gasteiger partial charge in [0.25, 0.3) is 12.1 Å². The number of fused-ring (bicyclic) bond motifs is 1. The lowest BCUT2D eigenvalue weighted by Gasteiger charge is -2.23. The van der Waals surface area contributed by atoms with Crippen molar-refractivity contribution in [3.63, 3.8) is 0 Å². The summed E-state index contributed by atoms with van der Waals surface area (Å²) in [6.07, 6.45) is -7.48. The summed E-state index contributed by atoms with van der Waals surface area (Å²) in [5.74, 6) is -0.788. The SMILES string of the molecule is CP(=O)(O)OC1[C@@H](O)[C@@H](COP(=O)(O)OP(=O)(O)OC[C@H]2O[C@@H]([n+]3cccc(C(N)=O)c3)C(O)[C@H]2O)O[C@H]1n1cnc2c(N)ncnc21. The Bertz CT molecular complexity index is 1810. The molecular formula is C22H31N7O16P3+. The van der Waals surface area contributed by atoms with Gasteiger partial charge in [0.1, 0.15) is 47.9 Å². The average Bonchev–Trinajstić information content (AvgIpc) is 3.64. The Balaban J connectivity index is 1.21. The van der Waals surface area contributed by atoms with Gasteiger partial charge >= 0.3 is 23.2 Å². The number of pyridine rings is 1. The molecule has 3 aromatic heterocycles. The van der Waals surface area contributed by atoms with Crippen molar-refractivity contribution in [2.24, 2.45) is 5.73 Å². The maximum absolute atomic E-state index is 12.6. The highest BCUT2D eigenvalue weighted by atomic mass is 31.3. The lowest BCUT2D eigenvalue weighted by molar-refractivity contribution is -0.765. The molecule has 11 atom stereocenters. The van der Waals surface area contributed by atoms with Gasteiger partial charge in [-0.25, -0.2) is 24.1 Å². The van der Waals surface area contributed by atoms with Crippen molar-refractivity contribution in [3.05, 3.63) is 42.7 Å². The fraction of sp³-hybridized carbons (Fsp3) is 0.500. The number of aliphatic hydroxyl groups is 3. The number of phosphoric acid groups is 2. The van der Waals surface area contributed by atoms with Crippen LogP contribution in [0.25, 0.3) is 11.2 Å². The van der Waals surface area contributed by atoms with E-state index in [1.165, 1.54) is 40.0 Å². The number of aliphatic hydroxyl groups excluding tert-OH is 3. The molecule has 0 aromatic carbocycles. The van der Waals surface area contributed by atoms with Gasteiger partial charge in [-0.3, -0.25) is 27.5 Å². The number of imidazole rings is 1. The van der Waals surface area contributed by atoms with Gasteiger partial charge in [-0.1, -0.05) is 0 Å².